The molecule has 61 heavy (non-hydrogen) atoms. The molecular weight excluding hydrogens is 757 g/mol. The van der Waals surface area contributed by atoms with Gasteiger partial charge in [0.15, 0.2) is 0 Å². The van der Waals surface area contributed by atoms with Crippen molar-refractivity contribution in [3.05, 3.63) is 243 Å². The molecule has 11 rings (SSSR count). The normalized spacial score (nSPS) is 11.3. The number of rotatable bonds is 7. The summed E-state index contributed by atoms with van der Waals surface area (Å²) in [5.74, 6) is 0. The van der Waals surface area contributed by atoms with Gasteiger partial charge in [-0.1, -0.05) is 164 Å². The van der Waals surface area contributed by atoms with Crippen LogP contribution in [-0.2, 0) is 0 Å². The number of benzene rings is 10. The Bertz CT molecular complexity index is 3340. The van der Waals surface area contributed by atoms with Crippen LogP contribution in [0.15, 0.2) is 243 Å². The van der Waals surface area contributed by atoms with Crippen LogP contribution in [0, 0.1) is 0 Å². The van der Waals surface area contributed by atoms with Gasteiger partial charge in [-0.2, -0.15) is 0 Å². The Kier molecular flexibility index (Phi) is 9.42. The molecule has 0 aliphatic rings. The summed E-state index contributed by atoms with van der Waals surface area (Å²) < 4.78 is 4.77. The first-order valence-corrected chi connectivity index (χ1v) is 21.6. The van der Waals surface area contributed by atoms with E-state index in [1.54, 1.807) is 0 Å². The molecule has 2 nitrogen and oxygen atoms in total. The summed E-state index contributed by atoms with van der Waals surface area (Å²) in [7, 11) is 0. The van der Waals surface area contributed by atoms with Gasteiger partial charge in [0.2, 0.25) is 0 Å². The molecule has 0 aliphatic heterocycles. The smallest absolute Gasteiger partial charge is 0.0540 e. The Morgan fingerprint density at radius 2 is 0.885 bits per heavy atom. The van der Waals surface area contributed by atoms with Gasteiger partial charge in [-0.05, 0) is 123 Å². The highest BCUT2D eigenvalue weighted by Crippen LogP contribution is 2.46. The van der Waals surface area contributed by atoms with Crippen LogP contribution in [0.3, 0.4) is 0 Å². The maximum Gasteiger partial charge on any atom is 0.0540 e. The van der Waals surface area contributed by atoms with E-state index in [9.17, 15) is 0 Å². The lowest BCUT2D eigenvalue weighted by atomic mass is 9.93. The van der Waals surface area contributed by atoms with E-state index in [1.165, 1.54) is 58.8 Å². The van der Waals surface area contributed by atoms with Gasteiger partial charge in [-0.15, -0.1) is 11.3 Å². The average molecular weight is 797 g/mol. The van der Waals surface area contributed by atoms with E-state index < -0.39 is 0 Å². The predicted octanol–water partition coefficient (Wildman–Crippen LogP) is 16.7. The third-order valence-electron chi connectivity index (χ3n) is 11.6. The zero-order chi connectivity index (χ0) is 40.5. The van der Waals surface area contributed by atoms with Crippen LogP contribution >= 0.6 is 11.3 Å². The van der Waals surface area contributed by atoms with Crippen LogP contribution in [0.2, 0.25) is 0 Å². The van der Waals surface area contributed by atoms with Crippen molar-refractivity contribution >= 4 is 70.4 Å². The van der Waals surface area contributed by atoms with E-state index in [4.69, 9.17) is 0 Å². The Morgan fingerprint density at radius 3 is 1.61 bits per heavy atom. The summed E-state index contributed by atoms with van der Waals surface area (Å²) in [6.45, 7) is 0. The van der Waals surface area contributed by atoms with Crippen molar-refractivity contribution < 1.29 is 0 Å². The fraction of sp³-hybridized carbons (Fsp3) is 0. The number of aromatic nitrogens is 1. The third kappa shape index (κ3) is 6.91. The van der Waals surface area contributed by atoms with Crippen molar-refractivity contribution in [2.24, 2.45) is 0 Å². The molecule has 10 aromatic carbocycles. The number of fused-ring (bicyclic) bond motifs is 5. The molecule has 0 amide bonds. The maximum absolute atomic E-state index is 2.44. The molecule has 0 fully saturated rings. The molecule has 11 aromatic rings. The second-order valence-corrected chi connectivity index (χ2v) is 16.5. The largest absolute Gasteiger partial charge is 0.310 e. The standard InChI is InChI=1S/C58H40N2S/c1-4-18-41(19-5-1)43-22-14-26-46(36-43)60(47-27-15-23-44(37-47)42-20-6-2-7-21-42)58-35-13-11-31-54(58)56-40-50-39-55-51(32-17-33-52(55)56)53-30-10-12-34-57(53)59(45-24-8-3-9-25-45)48-28-16-29-49(38-48)61-50/h1-40H. The van der Waals surface area contributed by atoms with E-state index in [-0.39, 0.29) is 0 Å². The Morgan fingerprint density at radius 1 is 0.328 bits per heavy atom. The Labute approximate surface area is 359 Å². The summed E-state index contributed by atoms with van der Waals surface area (Å²) in [4.78, 5) is 2.44. The van der Waals surface area contributed by atoms with E-state index >= 15 is 0 Å². The van der Waals surface area contributed by atoms with E-state index in [0.717, 1.165) is 39.3 Å². The summed E-state index contributed by atoms with van der Waals surface area (Å²) in [5.41, 5.74) is 13.7. The lowest BCUT2D eigenvalue weighted by molar-refractivity contribution is 1.17. The molecule has 0 radical (unpaired) electrons. The average Bonchev–Trinajstić information content (AvgIpc) is 3.34. The van der Waals surface area contributed by atoms with Crippen LogP contribution in [-0.4, -0.2) is 4.57 Å². The highest BCUT2D eigenvalue weighted by Gasteiger charge is 2.20. The molecule has 0 atom stereocenters. The highest BCUT2D eigenvalue weighted by atomic mass is 32.1. The second-order valence-electron chi connectivity index (χ2n) is 15.3. The van der Waals surface area contributed by atoms with Gasteiger partial charge >= 0.3 is 0 Å². The zero-order valence-corrected chi connectivity index (χ0v) is 34.2. The topological polar surface area (TPSA) is 8.17 Å². The van der Waals surface area contributed by atoms with Gasteiger partial charge in [0.25, 0.3) is 0 Å². The van der Waals surface area contributed by atoms with Crippen LogP contribution in [0.4, 0.5) is 17.1 Å². The number of hydrogen-bond donors (Lipinski definition) is 0. The predicted molar refractivity (Wildman–Crippen MR) is 262 cm³/mol. The molecule has 1 heterocycles. The van der Waals surface area contributed by atoms with Gasteiger partial charge < -0.3 is 9.47 Å². The van der Waals surface area contributed by atoms with Crippen LogP contribution in [0.5, 0.6) is 0 Å². The fourth-order valence-corrected chi connectivity index (χ4v) is 9.78. The van der Waals surface area contributed by atoms with Crippen molar-refractivity contribution in [3.63, 3.8) is 0 Å². The van der Waals surface area contributed by atoms with Crippen molar-refractivity contribution in [3.8, 4) is 39.1 Å². The first-order valence-electron chi connectivity index (χ1n) is 20.7. The van der Waals surface area contributed by atoms with Crippen LogP contribution in [0.25, 0.3) is 81.0 Å². The molecule has 288 valence electrons. The minimum atomic E-state index is 1.09. The monoisotopic (exact) mass is 796 g/mol. The highest BCUT2D eigenvalue weighted by molar-refractivity contribution is 7.22. The van der Waals surface area contributed by atoms with Gasteiger partial charge in [-0.25, -0.2) is 0 Å². The molecular formula is C58H40N2S. The van der Waals surface area contributed by atoms with Crippen molar-refractivity contribution in [1.29, 1.82) is 0 Å². The third-order valence-corrected chi connectivity index (χ3v) is 12.5. The van der Waals surface area contributed by atoms with Gasteiger partial charge in [-0.3, -0.25) is 0 Å². The number of nitrogens with zero attached hydrogens (tertiary/aromatic N) is 2. The molecule has 0 saturated heterocycles. The summed E-state index contributed by atoms with van der Waals surface area (Å²) in [6.07, 6.45) is 0. The van der Waals surface area contributed by atoms with Crippen molar-refractivity contribution in [1.82, 2.24) is 4.57 Å². The van der Waals surface area contributed by atoms with Crippen molar-refractivity contribution in [2.75, 3.05) is 4.90 Å². The van der Waals surface area contributed by atoms with E-state index in [2.05, 4.69) is 252 Å². The Hall–Kier alpha value is -7.72. The maximum atomic E-state index is 2.44. The van der Waals surface area contributed by atoms with Crippen molar-refractivity contribution in [2.45, 2.75) is 0 Å². The lowest BCUT2D eigenvalue weighted by Crippen LogP contribution is -2.11. The summed E-state index contributed by atoms with van der Waals surface area (Å²) >= 11 is 1.82. The summed E-state index contributed by atoms with van der Waals surface area (Å²) in [6, 6.07) is 88.3. The molecule has 3 heteroatoms. The fourth-order valence-electron chi connectivity index (χ4n) is 8.83. The molecule has 0 spiro atoms. The van der Waals surface area contributed by atoms with E-state index in [0.29, 0.717) is 0 Å². The van der Waals surface area contributed by atoms with Crippen LogP contribution < -0.4 is 4.90 Å². The first-order chi connectivity index (χ1) is 30.2. The number of para-hydroxylation sites is 3. The van der Waals surface area contributed by atoms with E-state index in [1.807, 2.05) is 11.3 Å². The first kappa shape index (κ1) is 36.4. The molecule has 4 bridgehead atoms. The SMILES string of the molecule is c1ccc(-c2cccc(N(c3cccc(-c4ccccc4)c3)c3ccccc3-c3cc4cc5c3cccc5c3ccccc3n(-c3ccccc3)c3cccc(c3)s4)c2)cc1. The molecule has 0 saturated carbocycles. The summed E-state index contributed by atoms with van der Waals surface area (Å²) in [5, 5.41) is 4.81. The van der Waals surface area contributed by atoms with Crippen LogP contribution in [0.1, 0.15) is 0 Å². The number of hydrogen-bond acceptors (Lipinski definition) is 2. The van der Waals surface area contributed by atoms with Gasteiger partial charge in [0, 0.05) is 42.9 Å². The lowest BCUT2D eigenvalue weighted by Gasteiger charge is -2.29. The number of anilines is 3. The second kappa shape index (κ2) is 15.8. The molecule has 1 aromatic heterocycles. The minimum Gasteiger partial charge on any atom is -0.310 e. The molecule has 0 N–H and O–H groups in total. The molecule has 0 aliphatic carbocycles. The minimum absolute atomic E-state index is 1.09. The Balaban J connectivity index is 1.21. The zero-order valence-electron chi connectivity index (χ0n) is 33.4. The van der Waals surface area contributed by atoms with Gasteiger partial charge in [0.05, 0.1) is 11.2 Å². The quantitative estimate of drug-likeness (QED) is 0.156. The molecule has 0 unspecified atom stereocenters. The van der Waals surface area contributed by atoms with Gasteiger partial charge in [0.1, 0.15) is 0 Å².